The number of hydrogen-bond donors (Lipinski definition) is 3. The van der Waals surface area contributed by atoms with Gasteiger partial charge in [-0.25, -0.2) is 13.1 Å². The highest BCUT2D eigenvalue weighted by molar-refractivity contribution is 7.90. The molecule has 5 heterocycles. The van der Waals surface area contributed by atoms with Crippen molar-refractivity contribution in [2.75, 3.05) is 56.8 Å². The van der Waals surface area contributed by atoms with Crippen molar-refractivity contribution < 1.29 is 37.1 Å². The molecule has 0 unspecified atom stereocenters. The highest BCUT2D eigenvalue weighted by Crippen LogP contribution is 2.54. The van der Waals surface area contributed by atoms with Gasteiger partial charge in [-0.1, -0.05) is 52.0 Å². The van der Waals surface area contributed by atoms with Gasteiger partial charge in [-0.2, -0.15) is 4.98 Å². The number of nitro groups is 1. The number of H-pyrrole nitrogens is 1. The summed E-state index contributed by atoms with van der Waals surface area (Å²) < 4.78 is 54.4. The summed E-state index contributed by atoms with van der Waals surface area (Å²) in [7, 11) is -3.13. The number of amides is 1. The number of benzene rings is 3. The highest BCUT2D eigenvalue weighted by atomic mass is 32.2. The number of nitrogens with one attached hydrogen (secondary N) is 3. The van der Waals surface area contributed by atoms with Crippen molar-refractivity contribution in [2.45, 2.75) is 127 Å². The molecular weight excluding hydrogens is 935 g/mol. The zero-order chi connectivity index (χ0) is 50.4. The van der Waals surface area contributed by atoms with Crippen molar-refractivity contribution in [3.8, 4) is 23.1 Å². The number of carbonyl (C=O) groups excluding carboxylic acids is 1. The van der Waals surface area contributed by atoms with Crippen LogP contribution >= 0.6 is 0 Å². The number of nitrogens with zero attached hydrogens (tertiary/aromatic N) is 4. The molecule has 16 nitrogen and oxygen atoms in total. The van der Waals surface area contributed by atoms with Crippen LogP contribution in [-0.4, -0.2) is 92.8 Å². The smallest absolute Gasteiger partial charge is 0.297 e. The van der Waals surface area contributed by atoms with Crippen LogP contribution in [0.2, 0.25) is 0 Å². The van der Waals surface area contributed by atoms with E-state index in [-0.39, 0.29) is 65.7 Å². The zero-order valence-electron chi connectivity index (χ0n) is 42.2. The summed E-state index contributed by atoms with van der Waals surface area (Å²) in [6.07, 6.45) is 13.7. The van der Waals surface area contributed by atoms with E-state index < -0.39 is 31.4 Å². The summed E-state index contributed by atoms with van der Waals surface area (Å²) in [4.78, 5) is 38.6. The summed E-state index contributed by atoms with van der Waals surface area (Å²) in [6.45, 7) is 12.6. The summed E-state index contributed by atoms with van der Waals surface area (Å²) >= 11 is 0. The summed E-state index contributed by atoms with van der Waals surface area (Å²) in [6, 6.07) is 20.8. The Morgan fingerprint density at radius 1 is 0.972 bits per heavy atom. The first kappa shape index (κ1) is 49.7. The molecule has 2 saturated heterocycles. The summed E-state index contributed by atoms with van der Waals surface area (Å²) in [5.41, 5.74) is 4.51. The Morgan fingerprint density at radius 2 is 1.75 bits per heavy atom. The zero-order valence-corrected chi connectivity index (χ0v) is 43.0. The number of likely N-dealkylation sites (tertiary alicyclic amines) is 1. The van der Waals surface area contributed by atoms with Gasteiger partial charge in [0.1, 0.15) is 24.6 Å². The lowest BCUT2D eigenvalue weighted by atomic mass is 9.59. The molecule has 2 aliphatic carbocycles. The number of ether oxygens (including phenoxy) is 4. The summed E-state index contributed by atoms with van der Waals surface area (Å²) in [5, 5.41) is 16.5. The number of rotatable bonds is 16. The fourth-order valence-corrected chi connectivity index (χ4v) is 13.2. The standard InChI is InChI=1S/C55H69N7O9S/c1-35(2)42-9-6-7-10-43(42)45-11-8-22-61(45)40-32-55(33-40)19-23-60(24-20-55)39-12-13-44(47(29-39)71-49-28-37-16-21-56-51(37)58-53(49)69-26-25-68-5)52(63)59-72(66,67)41-30-46(62(64)65)50-48(31-41)70-34-38(57-50)27-36-14-17-54(3,4)18-15-36/h6-7,9-10,12-13,16,21,28-31,35-36,38,40,45,57H,8,11,14-15,17-20,22-27,32-34H2,1-5H3,(H,56,58)(H,59,63)/t38-,45-/m0/s1. The molecular formula is C55H69N7O9S. The average Bonchev–Trinajstić information content (AvgIpc) is 4.03. The minimum absolute atomic E-state index is 0.0356. The van der Waals surface area contributed by atoms with Gasteiger partial charge in [-0.15, -0.1) is 0 Å². The van der Waals surface area contributed by atoms with Gasteiger partial charge in [0.05, 0.1) is 28.0 Å². The van der Waals surface area contributed by atoms with E-state index in [0.29, 0.717) is 35.0 Å². The molecule has 1 spiro atoms. The highest BCUT2D eigenvalue weighted by Gasteiger charge is 2.50. The quantitative estimate of drug-likeness (QED) is 0.0481. The molecule has 2 aromatic heterocycles. The molecule has 2 saturated carbocycles. The molecule has 0 radical (unpaired) electrons. The van der Waals surface area contributed by atoms with E-state index in [1.807, 2.05) is 12.1 Å². The van der Waals surface area contributed by atoms with E-state index in [4.69, 9.17) is 18.9 Å². The molecule has 4 fully saturated rings. The molecule has 17 heteroatoms. The number of nitro benzene ring substituents is 1. The molecule has 3 aromatic carbocycles. The maximum Gasteiger partial charge on any atom is 0.297 e. The number of aromatic amines is 1. The Bertz CT molecular complexity index is 2910. The van der Waals surface area contributed by atoms with E-state index in [1.165, 1.54) is 42.9 Å². The number of pyridine rings is 1. The number of anilines is 2. The molecule has 5 aromatic rings. The van der Waals surface area contributed by atoms with Gasteiger partial charge in [0.2, 0.25) is 0 Å². The van der Waals surface area contributed by atoms with Crippen LogP contribution < -0.4 is 29.1 Å². The maximum atomic E-state index is 14.4. The van der Waals surface area contributed by atoms with E-state index in [0.717, 1.165) is 81.7 Å². The van der Waals surface area contributed by atoms with E-state index in [2.05, 4.69) is 81.8 Å². The number of carbonyl (C=O) groups is 1. The fourth-order valence-electron chi connectivity index (χ4n) is 12.2. The second kappa shape index (κ2) is 20.2. The first-order chi connectivity index (χ1) is 34.6. The topological polar surface area (TPSA) is 190 Å². The van der Waals surface area contributed by atoms with E-state index >= 15 is 0 Å². The third-order valence-corrected chi connectivity index (χ3v) is 17.7. The minimum Gasteiger partial charge on any atom is -0.489 e. The Hall–Kier alpha value is -5.91. The van der Waals surface area contributed by atoms with Crippen LogP contribution in [0.5, 0.6) is 23.1 Å². The fraction of sp³-hybridized carbons (Fsp3) is 0.527. The van der Waals surface area contributed by atoms with E-state index in [1.54, 1.807) is 31.5 Å². The van der Waals surface area contributed by atoms with Crippen LogP contribution in [0.15, 0.2) is 77.8 Å². The number of methoxy groups -OCH3 is 1. The van der Waals surface area contributed by atoms with Crippen LogP contribution in [-0.2, 0) is 14.8 Å². The normalized spacial score (nSPS) is 21.2. The first-order valence-corrected chi connectivity index (χ1v) is 27.4. The second-order valence-corrected chi connectivity index (χ2v) is 23.7. The molecule has 5 aliphatic rings. The molecule has 0 bridgehead atoms. The monoisotopic (exact) mass is 1000 g/mol. The Labute approximate surface area is 422 Å². The van der Waals surface area contributed by atoms with Crippen molar-refractivity contribution in [2.24, 2.45) is 16.7 Å². The number of fused-ring (bicyclic) bond motifs is 2. The van der Waals surface area contributed by atoms with Crippen LogP contribution in [0.3, 0.4) is 0 Å². The van der Waals surface area contributed by atoms with Gasteiger partial charge < -0.3 is 34.1 Å². The first-order valence-electron chi connectivity index (χ1n) is 25.9. The van der Waals surface area contributed by atoms with Gasteiger partial charge in [-0.3, -0.25) is 19.8 Å². The third-order valence-electron chi connectivity index (χ3n) is 16.3. The van der Waals surface area contributed by atoms with Crippen molar-refractivity contribution in [3.05, 3.63) is 99.7 Å². The predicted molar refractivity (Wildman–Crippen MR) is 277 cm³/mol. The van der Waals surface area contributed by atoms with Crippen molar-refractivity contribution in [3.63, 3.8) is 0 Å². The number of piperidine rings is 1. The van der Waals surface area contributed by atoms with Crippen LogP contribution in [0, 0.1) is 26.9 Å². The third kappa shape index (κ3) is 10.3. The van der Waals surface area contributed by atoms with Crippen molar-refractivity contribution in [1.82, 2.24) is 19.6 Å². The number of sulfonamides is 1. The van der Waals surface area contributed by atoms with Crippen LogP contribution in [0.25, 0.3) is 11.0 Å². The minimum atomic E-state index is -4.69. The number of aromatic nitrogens is 2. The molecule has 384 valence electrons. The molecule has 72 heavy (non-hydrogen) atoms. The second-order valence-electron chi connectivity index (χ2n) is 22.1. The molecule has 2 atom stereocenters. The van der Waals surface area contributed by atoms with E-state index in [9.17, 15) is 23.3 Å². The van der Waals surface area contributed by atoms with Crippen LogP contribution in [0.4, 0.5) is 17.1 Å². The van der Waals surface area contributed by atoms with Gasteiger partial charge in [0.15, 0.2) is 17.2 Å². The van der Waals surface area contributed by atoms with Crippen molar-refractivity contribution >= 4 is 44.0 Å². The average molecular weight is 1000 g/mol. The lowest BCUT2D eigenvalue weighted by Crippen LogP contribution is -2.54. The Balaban J connectivity index is 0.880. The molecule has 3 aliphatic heterocycles. The summed E-state index contributed by atoms with van der Waals surface area (Å²) in [5.74, 6) is 0.430. The SMILES string of the molecule is COCCOc1nc2[nH]ccc2cc1Oc1cc(N2CCC3(CC2)CC(N2CCC[C@H]2c2ccccc2C(C)C)C3)ccc1C(=O)NS(=O)(=O)c1cc2c(c([N+](=O)[O-])c1)N[C@@H](CC1CCC(C)(C)CC1)CO2. The van der Waals surface area contributed by atoms with Gasteiger partial charge in [-0.05, 0) is 135 Å². The van der Waals surface area contributed by atoms with Gasteiger partial charge in [0.25, 0.3) is 27.5 Å². The lowest BCUT2D eigenvalue weighted by molar-refractivity contribution is -0.384. The van der Waals surface area contributed by atoms with Crippen LogP contribution in [0.1, 0.15) is 132 Å². The maximum absolute atomic E-state index is 14.4. The largest absolute Gasteiger partial charge is 0.489 e. The van der Waals surface area contributed by atoms with Gasteiger partial charge >= 0.3 is 0 Å². The lowest BCUT2D eigenvalue weighted by Gasteiger charge is -2.56. The molecule has 10 rings (SSSR count). The Kier molecular flexibility index (Phi) is 13.9. The molecule has 3 N–H and O–H groups in total. The number of hydrogen-bond acceptors (Lipinski definition) is 13. The molecule has 1 amide bonds. The Morgan fingerprint density at radius 3 is 2.50 bits per heavy atom. The van der Waals surface area contributed by atoms with Crippen molar-refractivity contribution in [1.29, 1.82) is 0 Å². The predicted octanol–water partition coefficient (Wildman–Crippen LogP) is 10.9. The van der Waals surface area contributed by atoms with Gasteiger partial charge in [0, 0.05) is 67.8 Å².